The molecule has 0 spiro atoms. The Morgan fingerprint density at radius 2 is 2.15 bits per heavy atom. The molecule has 2 heterocycles. The van der Waals surface area contributed by atoms with Crippen LogP contribution in [-0.4, -0.2) is 53.6 Å². The van der Waals surface area contributed by atoms with E-state index in [0.29, 0.717) is 23.5 Å². The molecule has 2 atom stereocenters. The topological polar surface area (TPSA) is 84.9 Å². The van der Waals surface area contributed by atoms with E-state index in [1.54, 1.807) is 34.9 Å². The van der Waals surface area contributed by atoms with Crippen molar-refractivity contribution in [2.45, 2.75) is 37.2 Å². The summed E-state index contributed by atoms with van der Waals surface area (Å²) in [6.45, 7) is 2.27. The third-order valence-electron chi connectivity index (χ3n) is 4.88. The molecule has 0 bridgehead atoms. The Balaban J connectivity index is 1.68. The van der Waals surface area contributed by atoms with Gasteiger partial charge in [-0.2, -0.15) is 0 Å². The van der Waals surface area contributed by atoms with Crippen molar-refractivity contribution in [3.63, 3.8) is 0 Å². The fourth-order valence-corrected chi connectivity index (χ4v) is 4.89. The van der Waals surface area contributed by atoms with Gasteiger partial charge < -0.3 is 19.7 Å². The molecule has 2 amide bonds. The predicted octanol–water partition coefficient (Wildman–Crippen LogP) is 1.55. The van der Waals surface area contributed by atoms with Gasteiger partial charge in [0.1, 0.15) is 17.4 Å². The summed E-state index contributed by atoms with van der Waals surface area (Å²) in [7, 11) is 2.78. The van der Waals surface area contributed by atoms with Crippen molar-refractivity contribution in [1.82, 2.24) is 10.2 Å². The van der Waals surface area contributed by atoms with Crippen molar-refractivity contribution < 1.29 is 23.9 Å². The number of nitrogens with one attached hydrogen (secondary N) is 1. The molecule has 2 fully saturated rings. The van der Waals surface area contributed by atoms with Crippen LogP contribution < -0.4 is 10.1 Å². The lowest BCUT2D eigenvalue weighted by atomic mass is 10.1. The lowest BCUT2D eigenvalue weighted by molar-refractivity contribution is -0.138. The number of hydrogen-bond donors (Lipinski definition) is 1. The molecule has 1 N–H and O–H groups in total. The highest BCUT2D eigenvalue weighted by molar-refractivity contribution is 8.01. The van der Waals surface area contributed by atoms with E-state index < -0.39 is 12.0 Å². The monoisotopic (exact) mass is 378 g/mol. The number of carbonyl (C=O) groups is 3. The average molecular weight is 378 g/mol. The first-order valence-corrected chi connectivity index (χ1v) is 9.37. The highest BCUT2D eigenvalue weighted by Crippen LogP contribution is 2.47. The van der Waals surface area contributed by atoms with Gasteiger partial charge >= 0.3 is 5.97 Å². The Morgan fingerprint density at radius 1 is 1.38 bits per heavy atom. The largest absolute Gasteiger partial charge is 0.496 e. The number of hydrogen-bond acceptors (Lipinski definition) is 6. The normalized spacial score (nSPS) is 24.3. The van der Waals surface area contributed by atoms with E-state index in [0.717, 1.165) is 12.0 Å². The van der Waals surface area contributed by atoms with Gasteiger partial charge in [0.05, 0.1) is 19.1 Å². The fourth-order valence-electron chi connectivity index (χ4n) is 3.46. The first-order chi connectivity index (χ1) is 12.4. The van der Waals surface area contributed by atoms with E-state index in [1.807, 2.05) is 6.92 Å². The quantitative estimate of drug-likeness (QED) is 0.783. The van der Waals surface area contributed by atoms with E-state index in [4.69, 9.17) is 9.47 Å². The average Bonchev–Trinajstić information content (AvgIpc) is 3.14. The molecule has 2 aliphatic rings. The fraction of sp³-hybridized carbons (Fsp3) is 0.500. The summed E-state index contributed by atoms with van der Waals surface area (Å²) in [5.74, 6) is 0.379. The molecule has 140 valence electrons. The third-order valence-corrected chi connectivity index (χ3v) is 6.39. The number of methoxy groups -OCH3 is 2. The highest BCUT2D eigenvalue weighted by atomic mass is 32.2. The number of fused-ring (bicyclic) bond motifs is 1. The molecule has 0 unspecified atom stereocenters. The second-order valence-corrected chi connectivity index (χ2v) is 8.01. The van der Waals surface area contributed by atoms with E-state index >= 15 is 0 Å². The Morgan fingerprint density at radius 3 is 2.85 bits per heavy atom. The zero-order valence-electron chi connectivity index (χ0n) is 15.0. The van der Waals surface area contributed by atoms with Gasteiger partial charge in [0.25, 0.3) is 0 Å². The zero-order chi connectivity index (χ0) is 18.9. The Labute approximate surface area is 156 Å². The van der Waals surface area contributed by atoms with E-state index in [1.165, 1.54) is 14.2 Å². The van der Waals surface area contributed by atoms with Gasteiger partial charge in [-0.15, -0.1) is 11.8 Å². The van der Waals surface area contributed by atoms with Crippen LogP contribution in [0.1, 0.15) is 35.7 Å². The van der Waals surface area contributed by atoms with E-state index in [9.17, 15) is 14.4 Å². The SMILES string of the molecule is COC(=O)c1cc(CNC(=O)[C@H]2CS[C@]3(C)CCC(=O)N23)ccc1OC. The number of esters is 1. The lowest BCUT2D eigenvalue weighted by Gasteiger charge is -2.29. The number of thioether (sulfide) groups is 1. The van der Waals surface area contributed by atoms with Crippen LogP contribution in [0.4, 0.5) is 0 Å². The van der Waals surface area contributed by atoms with Crippen LogP contribution in [0.3, 0.4) is 0 Å². The number of amides is 2. The first-order valence-electron chi connectivity index (χ1n) is 8.38. The van der Waals surface area contributed by atoms with Crippen molar-refractivity contribution in [3.8, 4) is 5.75 Å². The molecule has 2 saturated heterocycles. The van der Waals surface area contributed by atoms with Gasteiger partial charge in [-0.05, 0) is 31.0 Å². The van der Waals surface area contributed by atoms with E-state index in [2.05, 4.69) is 5.32 Å². The molecule has 0 radical (unpaired) electrons. The van der Waals surface area contributed by atoms with Gasteiger partial charge in [-0.25, -0.2) is 4.79 Å². The molecule has 1 aromatic carbocycles. The summed E-state index contributed by atoms with van der Waals surface area (Å²) >= 11 is 1.66. The molecular formula is C18H22N2O5S. The maximum Gasteiger partial charge on any atom is 0.341 e. The van der Waals surface area contributed by atoms with Crippen molar-refractivity contribution in [2.75, 3.05) is 20.0 Å². The Kier molecular flexibility index (Phi) is 5.13. The predicted molar refractivity (Wildman–Crippen MR) is 96.9 cm³/mol. The summed E-state index contributed by atoms with van der Waals surface area (Å²) in [5.41, 5.74) is 1.06. The second kappa shape index (κ2) is 7.19. The summed E-state index contributed by atoms with van der Waals surface area (Å²) in [5, 5.41) is 2.87. The summed E-state index contributed by atoms with van der Waals surface area (Å²) in [6, 6.07) is 4.64. The van der Waals surface area contributed by atoms with E-state index in [-0.39, 0.29) is 23.2 Å². The smallest absolute Gasteiger partial charge is 0.341 e. The van der Waals surface area contributed by atoms with Gasteiger partial charge in [0.15, 0.2) is 0 Å². The molecule has 8 heteroatoms. The standard InChI is InChI=1S/C18H22N2O5S/c1-18-7-6-15(21)20(18)13(10-26-18)16(22)19-9-11-4-5-14(24-2)12(8-11)17(23)25-3/h4-5,8,13H,6-7,9-10H2,1-3H3,(H,19,22)/t13-,18-/m1/s1. The molecule has 7 nitrogen and oxygen atoms in total. The Hall–Kier alpha value is -2.22. The molecule has 0 aliphatic carbocycles. The highest BCUT2D eigenvalue weighted by Gasteiger charge is 2.52. The van der Waals surface area contributed by atoms with Crippen molar-refractivity contribution in [1.29, 1.82) is 0 Å². The molecule has 0 saturated carbocycles. The maximum absolute atomic E-state index is 12.6. The van der Waals surface area contributed by atoms with Crippen molar-refractivity contribution >= 4 is 29.5 Å². The zero-order valence-corrected chi connectivity index (χ0v) is 15.9. The van der Waals surface area contributed by atoms with Gasteiger partial charge in [-0.3, -0.25) is 9.59 Å². The molecule has 2 aliphatic heterocycles. The summed E-state index contributed by atoms with van der Waals surface area (Å²) in [6.07, 6.45) is 1.27. The van der Waals surface area contributed by atoms with Crippen LogP contribution >= 0.6 is 11.8 Å². The number of rotatable bonds is 5. The van der Waals surface area contributed by atoms with Crippen LogP contribution in [0.2, 0.25) is 0 Å². The molecule has 0 aromatic heterocycles. The maximum atomic E-state index is 12.6. The van der Waals surface area contributed by atoms with Crippen LogP contribution in [-0.2, 0) is 20.9 Å². The van der Waals surface area contributed by atoms with Crippen LogP contribution in [0, 0.1) is 0 Å². The number of ether oxygens (including phenoxy) is 2. The molecule has 26 heavy (non-hydrogen) atoms. The first kappa shape index (κ1) is 18.6. The van der Waals surface area contributed by atoms with Crippen LogP contribution in [0.5, 0.6) is 5.75 Å². The third kappa shape index (κ3) is 3.25. The lowest BCUT2D eigenvalue weighted by Crippen LogP contribution is -2.49. The summed E-state index contributed by atoms with van der Waals surface area (Å²) < 4.78 is 9.92. The summed E-state index contributed by atoms with van der Waals surface area (Å²) in [4.78, 5) is 38.1. The minimum atomic E-state index is -0.499. The number of carbonyl (C=O) groups excluding carboxylic acids is 3. The van der Waals surface area contributed by atoms with Crippen molar-refractivity contribution in [2.24, 2.45) is 0 Å². The molecule has 1 aromatic rings. The number of nitrogens with zero attached hydrogens (tertiary/aromatic N) is 1. The number of benzene rings is 1. The second-order valence-electron chi connectivity index (χ2n) is 6.51. The minimum absolute atomic E-state index is 0.0371. The van der Waals surface area contributed by atoms with Gasteiger partial charge in [0.2, 0.25) is 11.8 Å². The molecule has 3 rings (SSSR count). The molecular weight excluding hydrogens is 356 g/mol. The Bertz CT molecular complexity index is 753. The minimum Gasteiger partial charge on any atom is -0.496 e. The van der Waals surface area contributed by atoms with Crippen LogP contribution in [0.15, 0.2) is 18.2 Å². The van der Waals surface area contributed by atoms with Gasteiger partial charge in [0, 0.05) is 18.7 Å². The van der Waals surface area contributed by atoms with Crippen LogP contribution in [0.25, 0.3) is 0 Å². The van der Waals surface area contributed by atoms with Gasteiger partial charge in [-0.1, -0.05) is 6.07 Å². The van der Waals surface area contributed by atoms with Crippen molar-refractivity contribution in [3.05, 3.63) is 29.3 Å².